The van der Waals surface area contributed by atoms with Crippen molar-refractivity contribution in [3.8, 4) is 0 Å². The second kappa shape index (κ2) is 8.60. The molecule has 2 heterocycles. The summed E-state index contributed by atoms with van der Waals surface area (Å²) >= 11 is 0. The van der Waals surface area contributed by atoms with Crippen molar-refractivity contribution >= 4 is 17.6 Å². The molecule has 9 nitrogen and oxygen atoms in total. The summed E-state index contributed by atoms with van der Waals surface area (Å²) in [6, 6.07) is 7.68. The van der Waals surface area contributed by atoms with Gasteiger partial charge in [0, 0.05) is 11.7 Å². The van der Waals surface area contributed by atoms with Crippen LogP contribution < -0.4 is 21.3 Å². The van der Waals surface area contributed by atoms with Crippen LogP contribution in [0.3, 0.4) is 0 Å². The van der Waals surface area contributed by atoms with Crippen molar-refractivity contribution in [1.29, 1.82) is 0 Å². The zero-order valence-electron chi connectivity index (χ0n) is 16.5. The van der Waals surface area contributed by atoms with Gasteiger partial charge in [0.1, 0.15) is 0 Å². The molecule has 154 valence electrons. The first kappa shape index (κ1) is 19.4. The van der Waals surface area contributed by atoms with Gasteiger partial charge < -0.3 is 21.3 Å². The minimum atomic E-state index is -0.247. The number of piperidine rings is 1. The molecule has 9 heteroatoms. The van der Waals surface area contributed by atoms with Crippen LogP contribution in [0.5, 0.6) is 0 Å². The molecule has 2 aliphatic rings. The number of nitrogens with zero attached hydrogens (tertiary/aromatic N) is 3. The lowest BCUT2D eigenvalue weighted by Gasteiger charge is -2.22. The smallest absolute Gasteiger partial charge is 0.319 e. The van der Waals surface area contributed by atoms with E-state index in [2.05, 4.69) is 31.6 Å². The minimum absolute atomic E-state index is 0.182. The van der Waals surface area contributed by atoms with Crippen molar-refractivity contribution in [2.24, 2.45) is 0 Å². The second-order valence-corrected chi connectivity index (χ2v) is 7.75. The van der Waals surface area contributed by atoms with Gasteiger partial charge in [0.15, 0.2) is 5.69 Å². The highest BCUT2D eigenvalue weighted by Gasteiger charge is 2.23. The molecule has 29 heavy (non-hydrogen) atoms. The Morgan fingerprint density at radius 3 is 2.55 bits per heavy atom. The topological polar surface area (TPSA) is 113 Å². The van der Waals surface area contributed by atoms with Crippen LogP contribution in [0, 0.1) is 0 Å². The van der Waals surface area contributed by atoms with E-state index in [1.165, 1.54) is 0 Å². The summed E-state index contributed by atoms with van der Waals surface area (Å²) in [6.07, 6.45) is 5.80. The second-order valence-electron chi connectivity index (χ2n) is 7.75. The van der Waals surface area contributed by atoms with Crippen LogP contribution >= 0.6 is 0 Å². The van der Waals surface area contributed by atoms with Gasteiger partial charge in [-0.3, -0.25) is 4.79 Å². The first-order valence-electron chi connectivity index (χ1n) is 10.2. The van der Waals surface area contributed by atoms with Gasteiger partial charge in [-0.05, 0) is 63.4 Å². The van der Waals surface area contributed by atoms with Crippen LogP contribution in [0.25, 0.3) is 0 Å². The minimum Gasteiger partial charge on any atom is -0.344 e. The van der Waals surface area contributed by atoms with Crippen LogP contribution in [0.4, 0.5) is 10.5 Å². The molecule has 1 saturated carbocycles. The number of carbonyl (C=O) groups is 2. The molecule has 2 aromatic rings. The summed E-state index contributed by atoms with van der Waals surface area (Å²) in [5.41, 5.74) is 1.98. The molecule has 2 fully saturated rings. The predicted molar refractivity (Wildman–Crippen MR) is 109 cm³/mol. The molecule has 1 aromatic carbocycles. The average molecular weight is 397 g/mol. The summed E-state index contributed by atoms with van der Waals surface area (Å²) < 4.78 is 1.80. The summed E-state index contributed by atoms with van der Waals surface area (Å²) in [4.78, 5) is 24.3. The number of rotatable bonds is 6. The van der Waals surface area contributed by atoms with Gasteiger partial charge in [-0.1, -0.05) is 17.3 Å². The first-order chi connectivity index (χ1) is 14.1. The van der Waals surface area contributed by atoms with Crippen molar-refractivity contribution in [2.45, 2.75) is 50.7 Å². The van der Waals surface area contributed by atoms with E-state index >= 15 is 0 Å². The van der Waals surface area contributed by atoms with Crippen LogP contribution in [0.1, 0.15) is 60.7 Å². The van der Waals surface area contributed by atoms with E-state index in [9.17, 15) is 9.59 Å². The third-order valence-electron chi connectivity index (χ3n) is 5.35. The lowest BCUT2D eigenvalue weighted by molar-refractivity contribution is 0.0934. The third kappa shape index (κ3) is 5.11. The number of hydrogen-bond acceptors (Lipinski definition) is 5. The summed E-state index contributed by atoms with van der Waals surface area (Å²) in [5.74, 6) is -0.247. The zero-order chi connectivity index (χ0) is 20.2. The van der Waals surface area contributed by atoms with Crippen molar-refractivity contribution in [3.05, 3.63) is 41.7 Å². The fourth-order valence-corrected chi connectivity index (χ4v) is 3.42. The predicted octanol–water partition coefficient (Wildman–Crippen LogP) is 1.98. The van der Waals surface area contributed by atoms with E-state index in [4.69, 9.17) is 0 Å². The van der Waals surface area contributed by atoms with Gasteiger partial charge in [-0.15, -0.1) is 5.10 Å². The molecule has 0 bridgehead atoms. The monoisotopic (exact) mass is 397 g/mol. The summed E-state index contributed by atoms with van der Waals surface area (Å²) in [5, 5.41) is 20.2. The van der Waals surface area contributed by atoms with Gasteiger partial charge in [-0.25, -0.2) is 9.48 Å². The number of anilines is 1. The number of hydrogen-bond donors (Lipinski definition) is 4. The molecule has 3 amide bonds. The zero-order valence-corrected chi connectivity index (χ0v) is 16.5. The van der Waals surface area contributed by atoms with Gasteiger partial charge in [0.25, 0.3) is 5.91 Å². The number of carbonyl (C=O) groups excluding carboxylic acids is 2. The Bertz CT molecular complexity index is 854. The lowest BCUT2D eigenvalue weighted by Crippen LogP contribution is -2.30. The maximum Gasteiger partial charge on any atom is 0.319 e. The highest BCUT2D eigenvalue weighted by Crippen LogP contribution is 2.20. The SMILES string of the molecule is CC(NC(=O)c1cn(C2CCNCC2)nn1)c1ccc(NC(=O)NC2CC2)cc1. The lowest BCUT2D eigenvalue weighted by atomic mass is 10.1. The number of aromatic nitrogens is 3. The Labute approximate surface area is 169 Å². The Balaban J connectivity index is 1.31. The molecule has 1 aliphatic carbocycles. The Kier molecular flexibility index (Phi) is 5.75. The molecule has 4 rings (SSSR count). The van der Waals surface area contributed by atoms with Gasteiger partial charge in [0.2, 0.25) is 0 Å². The largest absolute Gasteiger partial charge is 0.344 e. The van der Waals surface area contributed by atoms with Crippen LogP contribution in [0.15, 0.2) is 30.5 Å². The van der Waals surface area contributed by atoms with Gasteiger partial charge >= 0.3 is 6.03 Å². The van der Waals surface area contributed by atoms with Gasteiger partial charge in [0.05, 0.1) is 18.3 Å². The normalized spacial score (nSPS) is 18.1. The Morgan fingerprint density at radius 2 is 1.86 bits per heavy atom. The summed E-state index contributed by atoms with van der Waals surface area (Å²) in [6.45, 7) is 3.82. The van der Waals surface area contributed by atoms with Crippen molar-refractivity contribution in [2.75, 3.05) is 18.4 Å². The number of benzene rings is 1. The molecular weight excluding hydrogens is 370 g/mol. The summed E-state index contributed by atoms with van der Waals surface area (Å²) in [7, 11) is 0. The van der Waals surface area contributed by atoms with E-state index in [0.717, 1.165) is 50.0 Å². The molecule has 1 aliphatic heterocycles. The quantitative estimate of drug-likeness (QED) is 0.595. The number of urea groups is 1. The average Bonchev–Trinajstić information content (AvgIpc) is 3.40. The van der Waals surface area contributed by atoms with Crippen molar-refractivity contribution in [3.63, 3.8) is 0 Å². The standard InChI is InChI=1S/C20H27N7O2/c1-13(14-2-4-15(5-3-14)23-20(29)24-16-6-7-16)22-19(28)18-12-27(26-25-18)17-8-10-21-11-9-17/h2-5,12-13,16-17,21H,6-11H2,1H3,(H,22,28)(H2,23,24,29). The maximum absolute atomic E-state index is 12.5. The number of amides is 3. The molecule has 1 saturated heterocycles. The molecule has 0 spiro atoms. The molecular formula is C20H27N7O2. The first-order valence-corrected chi connectivity index (χ1v) is 10.2. The van der Waals surface area contributed by atoms with Crippen molar-refractivity contribution < 1.29 is 9.59 Å². The Hall–Kier alpha value is -2.94. The molecule has 1 unspecified atom stereocenters. The third-order valence-corrected chi connectivity index (χ3v) is 5.35. The van der Waals surface area contributed by atoms with Crippen LogP contribution in [0.2, 0.25) is 0 Å². The molecule has 1 atom stereocenters. The van der Waals surface area contributed by atoms with E-state index in [-0.39, 0.29) is 18.0 Å². The maximum atomic E-state index is 12.5. The van der Waals surface area contributed by atoms with E-state index in [1.54, 1.807) is 10.9 Å². The van der Waals surface area contributed by atoms with Crippen LogP contribution in [-0.2, 0) is 0 Å². The van der Waals surface area contributed by atoms with Gasteiger partial charge in [-0.2, -0.15) is 0 Å². The van der Waals surface area contributed by atoms with E-state index in [0.29, 0.717) is 17.8 Å². The fourth-order valence-electron chi connectivity index (χ4n) is 3.42. The highest BCUT2D eigenvalue weighted by molar-refractivity contribution is 5.92. The number of nitrogens with one attached hydrogen (secondary N) is 4. The van der Waals surface area contributed by atoms with E-state index < -0.39 is 0 Å². The molecule has 4 N–H and O–H groups in total. The van der Waals surface area contributed by atoms with Crippen LogP contribution in [-0.4, -0.2) is 46.1 Å². The fraction of sp³-hybridized carbons (Fsp3) is 0.500. The van der Waals surface area contributed by atoms with Crippen molar-refractivity contribution in [1.82, 2.24) is 30.9 Å². The molecule has 1 aromatic heterocycles. The highest BCUT2D eigenvalue weighted by atomic mass is 16.2. The van der Waals surface area contributed by atoms with E-state index in [1.807, 2.05) is 31.2 Å². The molecule has 0 radical (unpaired) electrons. The Morgan fingerprint density at radius 1 is 1.14 bits per heavy atom.